The van der Waals surface area contributed by atoms with Crippen LogP contribution in [0.25, 0.3) is 0 Å². The Balaban J connectivity index is 2.51. The molecule has 0 saturated carbocycles. The van der Waals surface area contributed by atoms with Gasteiger partial charge in [0.15, 0.2) is 0 Å². The second kappa shape index (κ2) is 8.49. The Kier molecular flexibility index (Phi) is 7.65. The summed E-state index contributed by atoms with van der Waals surface area (Å²) in [5.74, 6) is 0. The first kappa shape index (κ1) is 18.9. The van der Waals surface area contributed by atoms with Crippen molar-refractivity contribution in [3.8, 4) is 0 Å². The van der Waals surface area contributed by atoms with Crippen molar-refractivity contribution in [2.45, 2.75) is 91.0 Å². The zero-order valence-electron chi connectivity index (χ0n) is 15.3. The van der Waals surface area contributed by atoms with E-state index in [1.807, 2.05) is 0 Å². The van der Waals surface area contributed by atoms with Crippen LogP contribution in [0.2, 0.25) is 32.7 Å². The number of hydrogen-bond donors (Lipinski definition) is 1. The van der Waals surface area contributed by atoms with Gasteiger partial charge in [-0.3, -0.25) is 0 Å². The topological polar surface area (TPSA) is 12.0 Å². The van der Waals surface area contributed by atoms with Crippen LogP contribution in [0.15, 0.2) is 22.9 Å². The molecule has 0 atom stereocenters. The first-order valence-corrected chi connectivity index (χ1v) is 15.4. The lowest BCUT2D eigenvalue weighted by Crippen LogP contribution is -2.58. The minimum atomic E-state index is -1.42. The van der Waals surface area contributed by atoms with Crippen molar-refractivity contribution < 1.29 is 0 Å². The maximum Gasteiger partial charge on any atom is 0.141 e. The first-order valence-electron chi connectivity index (χ1n) is 8.94. The highest BCUT2D eigenvalue weighted by Crippen LogP contribution is 2.30. The predicted molar refractivity (Wildman–Crippen MR) is 103 cm³/mol. The molecule has 0 saturated heterocycles. The number of hydrogen-bond acceptors (Lipinski definition) is 1. The van der Waals surface area contributed by atoms with Crippen molar-refractivity contribution in [1.82, 2.24) is 4.65 Å². The summed E-state index contributed by atoms with van der Waals surface area (Å²) in [6.45, 7) is 14.6. The number of allylic oxidation sites excluding steroid dienone is 4. The average molecular weight is 324 g/mol. The van der Waals surface area contributed by atoms with Gasteiger partial charge < -0.3 is 4.65 Å². The molecule has 0 aliphatic heterocycles. The predicted octanol–water partition coefficient (Wildman–Crippen LogP) is 6.16. The summed E-state index contributed by atoms with van der Waals surface area (Å²) < 4.78 is 4.07. The Hall–Kier alpha value is -0.126. The minimum Gasteiger partial charge on any atom is -0.356 e. The van der Waals surface area contributed by atoms with Gasteiger partial charge in [-0.05, 0) is 19.3 Å². The summed E-state index contributed by atoms with van der Waals surface area (Å²) in [6, 6.07) is 0. The molecule has 0 amide bonds. The number of rotatable bonds is 10. The van der Waals surface area contributed by atoms with E-state index >= 15 is 0 Å². The van der Waals surface area contributed by atoms with Crippen LogP contribution in [-0.2, 0) is 0 Å². The van der Waals surface area contributed by atoms with Crippen molar-refractivity contribution in [3.63, 3.8) is 0 Å². The van der Waals surface area contributed by atoms with Crippen LogP contribution < -0.4 is 4.65 Å². The molecular formula is C18H37NSi2. The van der Waals surface area contributed by atoms with Crippen LogP contribution in [0, 0.1) is 0 Å². The fraction of sp³-hybridized carbons (Fsp3) is 0.778. The monoisotopic (exact) mass is 323 g/mol. The summed E-state index contributed by atoms with van der Waals surface area (Å²) >= 11 is 0. The largest absolute Gasteiger partial charge is 0.356 e. The normalized spacial score (nSPS) is 16.1. The van der Waals surface area contributed by atoms with Crippen molar-refractivity contribution in [2.75, 3.05) is 0 Å². The summed E-state index contributed by atoms with van der Waals surface area (Å²) in [5, 5.41) is 1.78. The third kappa shape index (κ3) is 7.11. The Labute approximate surface area is 135 Å². The SMILES string of the molecule is CCCCCCCCC1=C([Si](C)(C)N[Si](C)(C)C)CC=C1. The highest BCUT2D eigenvalue weighted by molar-refractivity contribution is 6.94. The van der Waals surface area contributed by atoms with E-state index in [1.165, 1.54) is 51.4 Å². The minimum absolute atomic E-state index is 1.19. The standard InChI is InChI=1S/C18H37NSi2/c1-7-8-9-10-11-12-14-17-15-13-16-18(17)21(5,6)19-20(2,3)4/h13,15,19H,7-12,14,16H2,1-6H3. The zero-order chi connectivity index (χ0) is 15.9. The molecule has 1 N–H and O–H groups in total. The molecule has 122 valence electrons. The van der Waals surface area contributed by atoms with Gasteiger partial charge in [0.05, 0.1) is 0 Å². The quantitative estimate of drug-likeness (QED) is 0.375. The molecule has 1 aliphatic rings. The third-order valence-corrected chi connectivity index (χ3v) is 11.8. The van der Waals surface area contributed by atoms with Crippen molar-refractivity contribution in [3.05, 3.63) is 22.9 Å². The maximum absolute atomic E-state index is 4.07. The molecule has 0 aromatic heterocycles. The van der Waals surface area contributed by atoms with Gasteiger partial charge in [0, 0.05) is 0 Å². The van der Waals surface area contributed by atoms with Crippen LogP contribution in [0.4, 0.5) is 0 Å². The molecule has 0 aromatic carbocycles. The van der Waals surface area contributed by atoms with E-state index in [1.54, 1.807) is 10.8 Å². The molecule has 1 aliphatic carbocycles. The van der Waals surface area contributed by atoms with Crippen LogP contribution in [-0.4, -0.2) is 16.5 Å². The summed E-state index contributed by atoms with van der Waals surface area (Å²) in [5.41, 5.74) is 1.67. The molecule has 3 heteroatoms. The summed E-state index contributed by atoms with van der Waals surface area (Å²) in [6.07, 6.45) is 15.7. The second-order valence-corrected chi connectivity index (χ2v) is 17.5. The van der Waals surface area contributed by atoms with Crippen LogP contribution >= 0.6 is 0 Å². The van der Waals surface area contributed by atoms with Crippen LogP contribution in [0.3, 0.4) is 0 Å². The molecule has 0 radical (unpaired) electrons. The number of nitrogens with one attached hydrogen (secondary N) is 1. The van der Waals surface area contributed by atoms with E-state index in [9.17, 15) is 0 Å². The molecule has 0 spiro atoms. The summed E-state index contributed by atoms with van der Waals surface area (Å²) in [7, 11) is -2.61. The molecule has 0 bridgehead atoms. The van der Waals surface area contributed by atoms with Gasteiger partial charge >= 0.3 is 0 Å². The Bertz CT molecular complexity index is 375. The first-order chi connectivity index (χ1) is 9.76. The molecule has 0 heterocycles. The van der Waals surface area contributed by atoms with Gasteiger partial charge in [-0.15, -0.1) is 0 Å². The molecular weight excluding hydrogens is 286 g/mol. The lowest BCUT2D eigenvalue weighted by Gasteiger charge is -2.34. The lowest BCUT2D eigenvalue weighted by molar-refractivity contribution is 0.608. The van der Waals surface area contributed by atoms with Gasteiger partial charge in [-0.25, -0.2) is 0 Å². The summed E-state index contributed by atoms with van der Waals surface area (Å²) in [4.78, 5) is 0. The van der Waals surface area contributed by atoms with E-state index in [0.717, 1.165) is 0 Å². The van der Waals surface area contributed by atoms with Crippen LogP contribution in [0.1, 0.15) is 58.3 Å². The molecule has 0 fully saturated rings. The molecule has 21 heavy (non-hydrogen) atoms. The Morgan fingerprint density at radius 1 is 0.952 bits per heavy atom. The fourth-order valence-electron chi connectivity index (χ4n) is 3.55. The van der Waals surface area contributed by atoms with Crippen molar-refractivity contribution >= 4 is 16.5 Å². The Morgan fingerprint density at radius 3 is 2.19 bits per heavy atom. The fourth-order valence-corrected chi connectivity index (χ4v) is 13.3. The number of unbranched alkanes of at least 4 members (excludes halogenated alkanes) is 5. The highest BCUT2D eigenvalue weighted by Gasteiger charge is 2.33. The van der Waals surface area contributed by atoms with Crippen LogP contribution in [0.5, 0.6) is 0 Å². The van der Waals surface area contributed by atoms with Gasteiger partial charge in [0.25, 0.3) is 0 Å². The molecule has 0 aromatic rings. The zero-order valence-corrected chi connectivity index (χ0v) is 17.3. The third-order valence-electron chi connectivity index (χ3n) is 4.27. The molecule has 1 rings (SSSR count). The van der Waals surface area contributed by atoms with E-state index in [-0.39, 0.29) is 0 Å². The molecule has 1 nitrogen and oxygen atoms in total. The second-order valence-electron chi connectivity index (χ2n) is 8.13. The van der Waals surface area contributed by atoms with Gasteiger partial charge in [-0.1, -0.05) is 94.7 Å². The van der Waals surface area contributed by atoms with Gasteiger partial charge in [0.1, 0.15) is 16.5 Å². The van der Waals surface area contributed by atoms with E-state index in [0.29, 0.717) is 0 Å². The van der Waals surface area contributed by atoms with E-state index in [4.69, 9.17) is 0 Å². The van der Waals surface area contributed by atoms with Crippen molar-refractivity contribution in [2.24, 2.45) is 0 Å². The van der Waals surface area contributed by atoms with E-state index in [2.05, 4.69) is 56.5 Å². The smallest absolute Gasteiger partial charge is 0.141 e. The highest BCUT2D eigenvalue weighted by atomic mass is 28.4. The Morgan fingerprint density at radius 2 is 1.57 bits per heavy atom. The average Bonchev–Trinajstić information content (AvgIpc) is 2.79. The molecule has 0 unspecified atom stereocenters. The van der Waals surface area contributed by atoms with Gasteiger partial charge in [0.2, 0.25) is 0 Å². The maximum atomic E-state index is 4.07. The van der Waals surface area contributed by atoms with E-state index < -0.39 is 16.5 Å². The van der Waals surface area contributed by atoms with Gasteiger partial charge in [-0.2, -0.15) is 0 Å². The van der Waals surface area contributed by atoms with Crippen molar-refractivity contribution in [1.29, 1.82) is 0 Å². The lowest BCUT2D eigenvalue weighted by atomic mass is 10.1.